The molecule has 4 aromatic heterocycles. The summed E-state index contributed by atoms with van der Waals surface area (Å²) in [5.41, 5.74) is 2.60. The number of rotatable bonds is 7. The fourth-order valence-electron chi connectivity index (χ4n) is 6.13. The molecular formula is C32H30F3N7O5. The van der Waals surface area contributed by atoms with Gasteiger partial charge in [0.05, 0.1) is 19.8 Å². The molecule has 0 aliphatic carbocycles. The molecule has 2 aliphatic rings. The summed E-state index contributed by atoms with van der Waals surface area (Å²) in [7, 11) is 1.78. The van der Waals surface area contributed by atoms with Gasteiger partial charge in [0.1, 0.15) is 34.8 Å². The second-order valence-electron chi connectivity index (χ2n) is 11.5. The van der Waals surface area contributed by atoms with Gasteiger partial charge in [0.2, 0.25) is 11.7 Å². The number of ether oxygens (including phenoxy) is 2. The van der Waals surface area contributed by atoms with E-state index in [9.17, 15) is 23.1 Å². The molecule has 0 unspecified atom stereocenters. The number of hydrogen-bond donors (Lipinski definition) is 2. The Labute approximate surface area is 266 Å². The van der Waals surface area contributed by atoms with Gasteiger partial charge in [-0.2, -0.15) is 13.2 Å². The molecule has 6 heterocycles. The van der Waals surface area contributed by atoms with Crippen molar-refractivity contribution in [2.45, 2.75) is 37.7 Å². The number of carboxylic acid groups (broad SMARTS) is 1. The molecular weight excluding hydrogens is 619 g/mol. The molecule has 1 aromatic carbocycles. The summed E-state index contributed by atoms with van der Waals surface area (Å²) in [4.78, 5) is 32.5. The number of nitrogens with zero attached hydrogens (tertiary/aromatic N) is 6. The first-order valence-corrected chi connectivity index (χ1v) is 15.0. The number of nitrogens with one attached hydrogen (secondary N) is 1. The van der Waals surface area contributed by atoms with Crippen LogP contribution >= 0.6 is 0 Å². The Morgan fingerprint density at radius 2 is 1.94 bits per heavy atom. The Morgan fingerprint density at radius 1 is 1.11 bits per heavy atom. The van der Waals surface area contributed by atoms with Crippen LogP contribution in [0.1, 0.15) is 19.2 Å². The molecule has 7 rings (SSSR count). The lowest BCUT2D eigenvalue weighted by molar-refractivity contribution is -0.144. The highest BCUT2D eigenvalue weighted by atomic mass is 19.4. The maximum atomic E-state index is 14.0. The number of anilines is 3. The molecule has 2 fully saturated rings. The van der Waals surface area contributed by atoms with Crippen molar-refractivity contribution in [3.63, 3.8) is 0 Å². The molecule has 5 aromatic rings. The Kier molecular flexibility index (Phi) is 7.70. The van der Waals surface area contributed by atoms with Crippen LogP contribution in [0.5, 0.6) is 5.88 Å². The maximum Gasteiger partial charge on any atom is 0.451 e. The van der Waals surface area contributed by atoms with Crippen LogP contribution in [-0.4, -0.2) is 82.6 Å². The Morgan fingerprint density at radius 3 is 2.70 bits per heavy atom. The number of hydrogen-bond acceptors (Lipinski definition) is 11. The lowest BCUT2D eigenvalue weighted by Crippen LogP contribution is -2.44. The van der Waals surface area contributed by atoms with Crippen LogP contribution in [0.3, 0.4) is 0 Å². The molecule has 15 heteroatoms. The number of aromatic nitrogens is 4. The first-order valence-electron chi connectivity index (χ1n) is 15.0. The number of alkyl halides is 3. The minimum absolute atomic E-state index is 0.0107. The number of furan rings is 1. The third-order valence-corrected chi connectivity index (χ3v) is 8.41. The van der Waals surface area contributed by atoms with E-state index in [0.29, 0.717) is 42.2 Å². The lowest BCUT2D eigenvalue weighted by atomic mass is 10.1. The van der Waals surface area contributed by atoms with Crippen LogP contribution in [0.4, 0.5) is 30.5 Å². The predicted octanol–water partition coefficient (Wildman–Crippen LogP) is 5.23. The summed E-state index contributed by atoms with van der Waals surface area (Å²) in [6, 6.07) is 11.0. The number of para-hydroxylation sites is 1. The number of aliphatic carboxylic acids is 1. The average molecular weight is 650 g/mol. The van der Waals surface area contributed by atoms with Crippen molar-refractivity contribution >= 4 is 45.4 Å². The lowest BCUT2D eigenvalue weighted by Gasteiger charge is -2.36. The van der Waals surface area contributed by atoms with E-state index < -0.39 is 30.1 Å². The van der Waals surface area contributed by atoms with Gasteiger partial charge in [0, 0.05) is 49.4 Å². The van der Waals surface area contributed by atoms with Gasteiger partial charge in [-0.1, -0.05) is 12.1 Å². The van der Waals surface area contributed by atoms with Crippen molar-refractivity contribution in [2.75, 3.05) is 48.5 Å². The third-order valence-electron chi connectivity index (χ3n) is 8.41. The molecule has 2 N–H and O–H groups in total. The van der Waals surface area contributed by atoms with Crippen molar-refractivity contribution in [2.24, 2.45) is 0 Å². The van der Waals surface area contributed by atoms with Crippen molar-refractivity contribution in [1.29, 1.82) is 0 Å². The molecule has 2 aliphatic heterocycles. The van der Waals surface area contributed by atoms with Crippen molar-refractivity contribution in [3.05, 3.63) is 60.7 Å². The molecule has 0 bridgehead atoms. The Bertz CT molecular complexity index is 1970. The first kappa shape index (κ1) is 30.5. The second kappa shape index (κ2) is 11.9. The molecule has 12 nitrogen and oxygen atoms in total. The predicted molar refractivity (Wildman–Crippen MR) is 167 cm³/mol. The van der Waals surface area contributed by atoms with Crippen molar-refractivity contribution in [1.82, 2.24) is 19.9 Å². The highest BCUT2D eigenvalue weighted by Crippen LogP contribution is 2.40. The van der Waals surface area contributed by atoms with E-state index in [4.69, 9.17) is 13.9 Å². The van der Waals surface area contributed by atoms with Crippen molar-refractivity contribution < 1.29 is 37.0 Å². The van der Waals surface area contributed by atoms with E-state index in [-0.39, 0.29) is 41.8 Å². The third kappa shape index (κ3) is 5.71. The largest absolute Gasteiger partial charge is 0.480 e. The average Bonchev–Trinajstić information content (AvgIpc) is 3.66. The highest BCUT2D eigenvalue weighted by molar-refractivity contribution is 6.06. The molecule has 2 saturated heterocycles. The second-order valence-corrected chi connectivity index (χ2v) is 11.5. The molecule has 47 heavy (non-hydrogen) atoms. The first-order chi connectivity index (χ1) is 22.6. The van der Waals surface area contributed by atoms with E-state index >= 15 is 0 Å². The summed E-state index contributed by atoms with van der Waals surface area (Å²) in [5, 5.41) is 13.6. The van der Waals surface area contributed by atoms with Crippen LogP contribution in [0.15, 0.2) is 59.3 Å². The number of benzene rings is 1. The smallest absolute Gasteiger partial charge is 0.451 e. The fraction of sp³-hybridized carbons (Fsp3) is 0.344. The highest BCUT2D eigenvalue weighted by Gasteiger charge is 2.43. The van der Waals surface area contributed by atoms with E-state index in [0.717, 1.165) is 11.1 Å². The molecule has 0 spiro atoms. The zero-order chi connectivity index (χ0) is 32.9. The number of fused-ring (bicyclic) bond motifs is 3. The topological polar surface area (TPSA) is 139 Å². The zero-order valence-corrected chi connectivity index (χ0v) is 25.4. The number of carboxylic acids is 1. The van der Waals surface area contributed by atoms with Gasteiger partial charge in [-0.25, -0.2) is 24.7 Å². The van der Waals surface area contributed by atoms with Gasteiger partial charge in [0.15, 0.2) is 11.4 Å². The monoisotopic (exact) mass is 649 g/mol. The number of carbonyl (C=O) groups is 1. The van der Waals surface area contributed by atoms with Gasteiger partial charge in [-0.15, -0.1) is 0 Å². The van der Waals surface area contributed by atoms with E-state index in [1.165, 1.54) is 4.90 Å². The van der Waals surface area contributed by atoms with Gasteiger partial charge in [0.25, 0.3) is 0 Å². The van der Waals surface area contributed by atoms with Crippen molar-refractivity contribution in [3.8, 4) is 17.0 Å². The number of halogens is 3. The van der Waals surface area contributed by atoms with Crippen LogP contribution in [0.25, 0.3) is 33.2 Å². The Balaban J connectivity index is 1.27. The standard InChI is InChI=1S/C32H30F3N7O5/c1-17-16-45-10-9-41(17)22-11-19(18-7-8-37-25(12-18)36-2)14-38-29(22)46-20-13-23(30(43)44)42(15-20)28-27-26(39-31(40-28)32(33,34)35)21-5-3-4-6-24(21)47-27/h3-8,11-12,14,17,20,23H,9-10,13,15-16H2,1-2H3,(H,36,37)(H,43,44)/t17-,20-,23-/m0/s1. The van der Waals surface area contributed by atoms with Gasteiger partial charge < -0.3 is 34.1 Å². The van der Waals surface area contributed by atoms with Crippen LogP contribution in [0, 0.1) is 0 Å². The SMILES string of the molecule is CNc1cc(-c2cnc(O[C@H]3C[C@@H](C(=O)O)N(c4nc(C(F)(F)F)nc5c4oc4ccccc45)C3)c(N3CCOC[C@@H]3C)c2)ccn1. The zero-order valence-electron chi connectivity index (χ0n) is 25.4. The normalized spacial score (nSPS) is 20.2. The number of pyridine rings is 2. The van der Waals surface area contributed by atoms with Crippen LogP contribution in [-0.2, 0) is 15.7 Å². The molecule has 3 atom stereocenters. The molecule has 0 amide bonds. The minimum Gasteiger partial charge on any atom is -0.480 e. The minimum atomic E-state index is -4.88. The van der Waals surface area contributed by atoms with Gasteiger partial charge >= 0.3 is 12.1 Å². The maximum absolute atomic E-state index is 14.0. The summed E-state index contributed by atoms with van der Waals surface area (Å²) in [6.45, 7) is 3.48. The summed E-state index contributed by atoms with van der Waals surface area (Å²) >= 11 is 0. The quantitative estimate of drug-likeness (QED) is 0.239. The van der Waals surface area contributed by atoms with Crippen LogP contribution < -0.4 is 19.9 Å². The molecule has 0 radical (unpaired) electrons. The van der Waals surface area contributed by atoms with Gasteiger partial charge in [-0.05, 0) is 42.8 Å². The molecule has 0 saturated carbocycles. The summed E-state index contributed by atoms with van der Waals surface area (Å²) in [6.07, 6.45) is -2.32. The van der Waals surface area contributed by atoms with Gasteiger partial charge in [-0.3, -0.25) is 0 Å². The Hall–Kier alpha value is -5.18. The molecule has 244 valence electrons. The van der Waals surface area contributed by atoms with Crippen LogP contribution in [0.2, 0.25) is 0 Å². The fourth-order valence-corrected chi connectivity index (χ4v) is 6.13. The summed E-state index contributed by atoms with van der Waals surface area (Å²) < 4.78 is 60.0. The summed E-state index contributed by atoms with van der Waals surface area (Å²) in [5.74, 6) is -1.93. The van der Waals surface area contributed by atoms with E-state index in [1.54, 1.807) is 43.7 Å². The van der Waals surface area contributed by atoms with E-state index in [1.807, 2.05) is 25.1 Å². The number of morpholine rings is 1. The van der Waals surface area contributed by atoms with E-state index in [2.05, 4.69) is 30.2 Å².